The van der Waals surface area contributed by atoms with Crippen LogP contribution in [0.2, 0.25) is 0 Å². The van der Waals surface area contributed by atoms with Crippen molar-refractivity contribution < 1.29 is 18.8 Å². The van der Waals surface area contributed by atoms with Gasteiger partial charge in [-0.05, 0) is 79.4 Å². The van der Waals surface area contributed by atoms with Crippen LogP contribution < -0.4 is 0 Å². The van der Waals surface area contributed by atoms with Crippen LogP contribution in [0, 0.1) is 21.7 Å². The third-order valence-electron chi connectivity index (χ3n) is 5.08. The minimum atomic E-state index is -0.940. The Kier molecular flexibility index (Phi) is 9.03. The van der Waals surface area contributed by atoms with Crippen molar-refractivity contribution in [3.8, 4) is 11.3 Å². The van der Waals surface area contributed by atoms with Gasteiger partial charge in [-0.2, -0.15) is 14.6 Å². The van der Waals surface area contributed by atoms with Crippen LogP contribution in [0.1, 0.15) is 36.6 Å². The van der Waals surface area contributed by atoms with Gasteiger partial charge in [-0.1, -0.05) is 0 Å². The molecule has 1 atom stereocenters. The summed E-state index contributed by atoms with van der Waals surface area (Å²) < 4.78 is 31.0. The van der Waals surface area contributed by atoms with Crippen LogP contribution in [0.5, 0.6) is 0 Å². The zero-order chi connectivity index (χ0) is 26.6. The molecule has 9 nitrogen and oxygen atoms in total. The lowest BCUT2D eigenvalue weighted by atomic mass is 9.96. The predicted molar refractivity (Wildman–Crippen MR) is 136 cm³/mol. The molecule has 190 valence electrons. The number of aliphatic hydroxyl groups excluding tert-OH is 1. The van der Waals surface area contributed by atoms with Gasteiger partial charge in [-0.3, -0.25) is 9.36 Å². The van der Waals surface area contributed by atoms with Crippen LogP contribution >= 0.6 is 31.9 Å². The highest BCUT2D eigenvalue weighted by Gasteiger charge is 2.19. The Labute approximate surface area is 222 Å². The first-order chi connectivity index (χ1) is 17.0. The van der Waals surface area contributed by atoms with Gasteiger partial charge in [0.15, 0.2) is 6.20 Å². The van der Waals surface area contributed by atoms with Gasteiger partial charge in [0.05, 0.1) is 16.3 Å². The molecule has 4 aromatic rings. The highest BCUT2D eigenvalue weighted by Crippen LogP contribution is 2.32. The Morgan fingerprint density at radius 1 is 1.17 bits per heavy atom. The molecule has 36 heavy (non-hydrogen) atoms. The SMILES string of the molecule is CCn1cc(Cc2cn(C)nc2-c2ccc(F)cc2[C@@H](C)O)c(Br)n1.O=[N+]([O-])c1ncc(Br)cc1F. The summed E-state index contributed by atoms with van der Waals surface area (Å²) in [5.41, 5.74) is 4.06. The summed E-state index contributed by atoms with van der Waals surface area (Å²) in [4.78, 5) is 12.4. The first-order valence-corrected chi connectivity index (χ1v) is 12.3. The second-order valence-corrected chi connectivity index (χ2v) is 9.44. The van der Waals surface area contributed by atoms with Crippen LogP contribution in [-0.2, 0) is 20.0 Å². The van der Waals surface area contributed by atoms with Crippen molar-refractivity contribution in [3.63, 3.8) is 0 Å². The van der Waals surface area contributed by atoms with E-state index < -0.39 is 22.7 Å². The van der Waals surface area contributed by atoms with Gasteiger partial charge in [-0.15, -0.1) is 0 Å². The number of hydrogen-bond acceptors (Lipinski definition) is 6. The van der Waals surface area contributed by atoms with Gasteiger partial charge in [0.2, 0.25) is 5.82 Å². The van der Waals surface area contributed by atoms with Crippen molar-refractivity contribution in [3.05, 3.63) is 90.4 Å². The lowest BCUT2D eigenvalue weighted by Gasteiger charge is -2.12. The largest absolute Gasteiger partial charge is 0.399 e. The summed E-state index contributed by atoms with van der Waals surface area (Å²) in [6.45, 7) is 4.46. The molecule has 4 rings (SSSR count). The standard InChI is InChI=1S/C18H20BrFN4O.C5H2BrFN2O2/c1-4-24-10-13(18(19)22-24)7-12-9-23(3)21-17(12)15-6-5-14(20)8-16(15)11(2)25;6-3-1-4(7)5(8-2-3)9(10)11/h5-6,8-11,25H,4,7H2,1-3H3;1-2H/t11-;/m1./s1. The average Bonchev–Trinajstić information content (AvgIpc) is 3.35. The molecule has 0 radical (unpaired) electrons. The van der Waals surface area contributed by atoms with E-state index in [2.05, 4.69) is 47.0 Å². The Hall–Kier alpha value is -3.03. The van der Waals surface area contributed by atoms with E-state index >= 15 is 0 Å². The topological polar surface area (TPSA) is 112 Å². The average molecular weight is 628 g/mol. The van der Waals surface area contributed by atoms with Crippen LogP contribution in [0.25, 0.3) is 11.3 Å². The molecule has 0 aliphatic heterocycles. The lowest BCUT2D eigenvalue weighted by molar-refractivity contribution is -0.392. The van der Waals surface area contributed by atoms with E-state index in [0.717, 1.165) is 39.6 Å². The van der Waals surface area contributed by atoms with E-state index in [9.17, 15) is 24.0 Å². The monoisotopic (exact) mass is 626 g/mol. The van der Waals surface area contributed by atoms with Crippen molar-refractivity contribution >= 4 is 37.7 Å². The molecule has 1 N–H and O–H groups in total. The van der Waals surface area contributed by atoms with Crippen molar-refractivity contribution in [1.82, 2.24) is 24.5 Å². The summed E-state index contributed by atoms with van der Waals surface area (Å²) in [5, 5.41) is 29.0. The van der Waals surface area contributed by atoms with E-state index in [1.165, 1.54) is 18.3 Å². The molecule has 0 spiro atoms. The minimum Gasteiger partial charge on any atom is -0.389 e. The molecule has 0 aliphatic carbocycles. The second-order valence-electron chi connectivity index (χ2n) is 7.78. The summed E-state index contributed by atoms with van der Waals surface area (Å²) in [5.74, 6) is -2.07. The smallest absolute Gasteiger partial charge is 0.389 e. The number of benzene rings is 1. The van der Waals surface area contributed by atoms with Gasteiger partial charge < -0.3 is 15.2 Å². The number of pyridine rings is 1. The van der Waals surface area contributed by atoms with Crippen molar-refractivity contribution in [2.45, 2.75) is 32.9 Å². The number of nitro groups is 1. The molecule has 0 unspecified atom stereocenters. The number of nitrogens with zero attached hydrogens (tertiary/aromatic N) is 6. The minimum absolute atomic E-state index is 0.371. The molecular formula is C23H22Br2F2N6O3. The summed E-state index contributed by atoms with van der Waals surface area (Å²) in [6.07, 6.45) is 4.97. The molecule has 0 bridgehead atoms. The van der Waals surface area contributed by atoms with Crippen molar-refractivity contribution in [2.24, 2.45) is 7.05 Å². The highest BCUT2D eigenvalue weighted by atomic mass is 79.9. The number of aryl methyl sites for hydroxylation is 2. The van der Waals surface area contributed by atoms with Crippen LogP contribution in [0.3, 0.4) is 0 Å². The fraction of sp³-hybridized carbons (Fsp3) is 0.261. The number of rotatable bonds is 6. The number of aliphatic hydroxyl groups is 1. The second kappa shape index (κ2) is 11.8. The molecule has 0 amide bonds. The Morgan fingerprint density at radius 3 is 2.47 bits per heavy atom. The number of halogens is 4. The summed E-state index contributed by atoms with van der Waals surface area (Å²) in [7, 11) is 1.85. The van der Waals surface area contributed by atoms with Crippen LogP contribution in [0.4, 0.5) is 14.6 Å². The molecule has 1 aromatic carbocycles. The molecule has 0 saturated carbocycles. The maximum atomic E-state index is 13.6. The molecule has 0 aliphatic rings. The maximum absolute atomic E-state index is 13.6. The first kappa shape index (κ1) is 27.6. The molecule has 0 saturated heterocycles. The number of hydrogen-bond donors (Lipinski definition) is 1. The summed E-state index contributed by atoms with van der Waals surface area (Å²) in [6, 6.07) is 5.42. The van der Waals surface area contributed by atoms with Crippen LogP contribution in [-0.4, -0.2) is 34.6 Å². The van der Waals surface area contributed by atoms with Gasteiger partial charge >= 0.3 is 5.82 Å². The van der Waals surface area contributed by atoms with Crippen molar-refractivity contribution in [2.75, 3.05) is 0 Å². The van der Waals surface area contributed by atoms with Crippen LogP contribution in [0.15, 0.2) is 51.9 Å². The number of aromatic nitrogens is 5. The van der Waals surface area contributed by atoms with Crippen molar-refractivity contribution in [1.29, 1.82) is 0 Å². The molecule has 0 fully saturated rings. The molecule has 3 aromatic heterocycles. The highest BCUT2D eigenvalue weighted by molar-refractivity contribution is 9.10. The first-order valence-electron chi connectivity index (χ1n) is 10.7. The quantitative estimate of drug-likeness (QED) is 0.216. The molecule has 13 heteroatoms. The Morgan fingerprint density at radius 2 is 1.89 bits per heavy atom. The normalized spacial score (nSPS) is 11.7. The van der Waals surface area contributed by atoms with Gasteiger partial charge in [0.1, 0.15) is 10.4 Å². The van der Waals surface area contributed by atoms with Gasteiger partial charge in [0.25, 0.3) is 0 Å². The van der Waals surface area contributed by atoms with E-state index in [1.54, 1.807) is 17.7 Å². The zero-order valence-corrected chi connectivity index (χ0v) is 22.7. The Balaban J connectivity index is 0.000000275. The van der Waals surface area contributed by atoms with Gasteiger partial charge in [0, 0.05) is 55.2 Å². The molecule has 3 heterocycles. The fourth-order valence-electron chi connectivity index (χ4n) is 3.46. The summed E-state index contributed by atoms with van der Waals surface area (Å²) >= 11 is 6.42. The van der Waals surface area contributed by atoms with E-state index in [0.29, 0.717) is 16.5 Å². The van der Waals surface area contributed by atoms with E-state index in [4.69, 9.17) is 0 Å². The lowest BCUT2D eigenvalue weighted by Crippen LogP contribution is -1.99. The predicted octanol–water partition coefficient (Wildman–Crippen LogP) is 5.74. The van der Waals surface area contributed by atoms with E-state index in [-0.39, 0.29) is 5.82 Å². The van der Waals surface area contributed by atoms with E-state index in [1.807, 2.05) is 31.0 Å². The third-order valence-corrected chi connectivity index (χ3v) is 6.18. The molecular weight excluding hydrogens is 606 g/mol. The Bertz CT molecular complexity index is 1390. The van der Waals surface area contributed by atoms with Gasteiger partial charge in [-0.25, -0.2) is 4.39 Å². The maximum Gasteiger partial charge on any atom is 0.399 e. The fourth-order valence-corrected chi connectivity index (χ4v) is 4.20. The zero-order valence-electron chi connectivity index (χ0n) is 19.5. The third kappa shape index (κ3) is 6.59.